The van der Waals surface area contributed by atoms with Crippen molar-refractivity contribution in [3.05, 3.63) is 64.4 Å². The van der Waals surface area contributed by atoms with Crippen molar-refractivity contribution in [3.8, 4) is 0 Å². The summed E-state index contributed by atoms with van der Waals surface area (Å²) in [6.07, 6.45) is 0. The molecule has 2 aromatic rings. The van der Waals surface area contributed by atoms with Gasteiger partial charge in [0, 0.05) is 16.1 Å². The first-order valence-electron chi connectivity index (χ1n) is 7.77. The fourth-order valence-corrected chi connectivity index (χ4v) is 2.73. The summed E-state index contributed by atoms with van der Waals surface area (Å²) in [6, 6.07) is 11.5. The van der Waals surface area contributed by atoms with E-state index in [0.717, 1.165) is 0 Å². The molecule has 0 saturated heterocycles. The van der Waals surface area contributed by atoms with Crippen molar-refractivity contribution in [2.45, 2.75) is 0 Å². The number of hydrogen-bond acceptors (Lipinski definition) is 5. The van der Waals surface area contributed by atoms with E-state index in [4.69, 9.17) is 28.3 Å². The summed E-state index contributed by atoms with van der Waals surface area (Å²) in [4.78, 5) is 9.01. The van der Waals surface area contributed by atoms with Gasteiger partial charge in [0.2, 0.25) is 0 Å². The van der Waals surface area contributed by atoms with Crippen molar-refractivity contribution in [1.82, 2.24) is 5.43 Å². The number of hydrazone groups is 1. The van der Waals surface area contributed by atoms with Gasteiger partial charge in [0.15, 0.2) is 0 Å². The zero-order chi connectivity index (χ0) is 18.5. The number of aliphatic hydroxyl groups is 1. The highest BCUT2D eigenvalue weighted by Gasteiger charge is 2.19. The number of hydrogen-bond donors (Lipinski definition) is 2. The van der Waals surface area contributed by atoms with E-state index in [-0.39, 0.29) is 24.8 Å². The predicted octanol–water partition coefficient (Wildman–Crippen LogP) is 3.54. The summed E-state index contributed by atoms with van der Waals surface area (Å²) < 4.78 is 14.3. The molecule has 2 aromatic carbocycles. The third-order valence-corrected chi connectivity index (χ3v) is 4.21. The Morgan fingerprint density at radius 2 is 2.04 bits per heavy atom. The molecule has 0 aliphatic carbocycles. The summed E-state index contributed by atoms with van der Waals surface area (Å²) in [5.74, 6) is 0.152. The number of fused-ring (bicyclic) bond motifs is 1. The molecule has 1 heterocycles. The molecule has 26 heavy (non-hydrogen) atoms. The van der Waals surface area contributed by atoms with Crippen molar-refractivity contribution < 1.29 is 9.50 Å². The number of amidine groups is 1. The zero-order valence-corrected chi connectivity index (χ0v) is 15.1. The maximum atomic E-state index is 14.3. The summed E-state index contributed by atoms with van der Waals surface area (Å²) >= 11 is 11.8. The van der Waals surface area contributed by atoms with Gasteiger partial charge in [-0.15, -0.1) is 11.6 Å². The van der Waals surface area contributed by atoms with Crippen LogP contribution in [0, 0.1) is 5.82 Å². The molecule has 8 heteroatoms. The van der Waals surface area contributed by atoms with Crippen molar-refractivity contribution in [1.29, 1.82) is 0 Å². The second-order valence-electron chi connectivity index (χ2n) is 5.45. The van der Waals surface area contributed by atoms with E-state index in [2.05, 4.69) is 20.5 Å². The molecule has 0 unspecified atom stereocenters. The Morgan fingerprint density at radius 1 is 1.23 bits per heavy atom. The molecule has 1 aliphatic rings. The standard InChI is InChI=1S/C18H15Cl2FN4O/c19-8-12(10-26)24-25-17-9-22-18(13-3-1-2-4-15(13)21)14-7-11(20)5-6-16(14)23-17/h1-7,26H,8-10H2,(H,23,25)/b24-12-. The third kappa shape index (κ3) is 4.09. The quantitative estimate of drug-likeness (QED) is 0.474. The predicted molar refractivity (Wildman–Crippen MR) is 104 cm³/mol. The number of alkyl halides is 1. The maximum absolute atomic E-state index is 14.3. The largest absolute Gasteiger partial charge is 0.390 e. The second-order valence-corrected chi connectivity index (χ2v) is 6.15. The van der Waals surface area contributed by atoms with Gasteiger partial charge in [-0.05, 0) is 30.3 Å². The second kappa shape index (κ2) is 8.40. The lowest BCUT2D eigenvalue weighted by molar-refractivity contribution is 0.356. The van der Waals surface area contributed by atoms with Crippen LogP contribution >= 0.6 is 23.2 Å². The number of aliphatic imine (C=N–C) groups is 2. The van der Waals surface area contributed by atoms with Crippen LogP contribution in [0.1, 0.15) is 11.1 Å². The first-order chi connectivity index (χ1) is 12.6. The number of halogens is 3. The highest BCUT2D eigenvalue weighted by atomic mass is 35.5. The van der Waals surface area contributed by atoms with Gasteiger partial charge in [0.25, 0.3) is 0 Å². The van der Waals surface area contributed by atoms with Crippen LogP contribution in [0.5, 0.6) is 0 Å². The van der Waals surface area contributed by atoms with E-state index in [1.807, 2.05) is 0 Å². The van der Waals surface area contributed by atoms with Crippen LogP contribution < -0.4 is 5.43 Å². The topological polar surface area (TPSA) is 69.3 Å². The average molecular weight is 393 g/mol. The smallest absolute Gasteiger partial charge is 0.144 e. The van der Waals surface area contributed by atoms with Gasteiger partial charge in [-0.2, -0.15) is 5.10 Å². The molecule has 5 nitrogen and oxygen atoms in total. The summed E-state index contributed by atoms with van der Waals surface area (Å²) in [5, 5.41) is 13.7. The molecule has 3 rings (SSSR count). The van der Waals surface area contributed by atoms with Crippen molar-refractivity contribution in [2.24, 2.45) is 15.1 Å². The molecule has 0 saturated carbocycles. The summed E-state index contributed by atoms with van der Waals surface area (Å²) in [7, 11) is 0. The maximum Gasteiger partial charge on any atom is 0.144 e. The highest BCUT2D eigenvalue weighted by molar-refractivity contribution is 6.31. The van der Waals surface area contributed by atoms with Crippen LogP contribution in [-0.2, 0) is 0 Å². The molecule has 0 radical (unpaired) electrons. The van der Waals surface area contributed by atoms with Crippen LogP contribution in [0.25, 0.3) is 0 Å². The van der Waals surface area contributed by atoms with Crippen molar-refractivity contribution in [3.63, 3.8) is 0 Å². The molecule has 134 valence electrons. The molecule has 0 fully saturated rings. The van der Waals surface area contributed by atoms with Crippen LogP contribution in [0.4, 0.5) is 10.1 Å². The number of benzene rings is 2. The van der Waals surface area contributed by atoms with Crippen LogP contribution in [-0.4, -0.2) is 41.4 Å². The lowest BCUT2D eigenvalue weighted by atomic mass is 10.0. The number of aliphatic hydroxyl groups excluding tert-OH is 1. The third-order valence-electron chi connectivity index (χ3n) is 3.66. The molecular weight excluding hydrogens is 378 g/mol. The fourth-order valence-electron chi connectivity index (χ4n) is 2.41. The zero-order valence-electron chi connectivity index (χ0n) is 13.6. The van der Waals surface area contributed by atoms with E-state index >= 15 is 0 Å². The van der Waals surface area contributed by atoms with Crippen LogP contribution in [0.15, 0.2) is 57.6 Å². The van der Waals surface area contributed by atoms with E-state index in [0.29, 0.717) is 39.1 Å². The van der Waals surface area contributed by atoms with Crippen molar-refractivity contribution >= 4 is 46.1 Å². The molecule has 0 amide bonds. The summed E-state index contributed by atoms with van der Waals surface area (Å²) in [6.45, 7) is -0.111. The molecular formula is C18H15Cl2FN4O. The molecule has 0 aromatic heterocycles. The normalized spacial score (nSPS) is 14.2. The van der Waals surface area contributed by atoms with E-state index in [1.54, 1.807) is 36.4 Å². The van der Waals surface area contributed by atoms with E-state index < -0.39 is 0 Å². The number of rotatable bonds is 4. The van der Waals surface area contributed by atoms with Gasteiger partial charge in [-0.3, -0.25) is 10.4 Å². The van der Waals surface area contributed by atoms with E-state index in [1.165, 1.54) is 6.07 Å². The highest BCUT2D eigenvalue weighted by Crippen LogP contribution is 2.29. The van der Waals surface area contributed by atoms with Gasteiger partial charge in [-0.25, -0.2) is 9.38 Å². The minimum absolute atomic E-state index is 0.0900. The Hall–Kier alpha value is -2.28. The van der Waals surface area contributed by atoms with Gasteiger partial charge < -0.3 is 5.11 Å². The van der Waals surface area contributed by atoms with E-state index in [9.17, 15) is 4.39 Å². The van der Waals surface area contributed by atoms with Gasteiger partial charge in [-0.1, -0.05) is 23.7 Å². The minimum Gasteiger partial charge on any atom is -0.390 e. The monoisotopic (exact) mass is 392 g/mol. The minimum atomic E-state index is -0.378. The first-order valence-corrected chi connectivity index (χ1v) is 8.68. The summed E-state index contributed by atoms with van der Waals surface area (Å²) in [5.41, 5.74) is 5.18. The Balaban J connectivity index is 2.05. The van der Waals surface area contributed by atoms with Crippen molar-refractivity contribution in [2.75, 3.05) is 19.0 Å². The number of nitrogens with zero attached hydrogens (tertiary/aromatic N) is 3. The Kier molecular flexibility index (Phi) is 5.98. The molecule has 1 aliphatic heterocycles. The van der Waals surface area contributed by atoms with Gasteiger partial charge in [0.1, 0.15) is 11.7 Å². The molecule has 0 bridgehead atoms. The van der Waals surface area contributed by atoms with Crippen LogP contribution in [0.2, 0.25) is 5.02 Å². The van der Waals surface area contributed by atoms with Crippen LogP contribution in [0.3, 0.4) is 0 Å². The molecule has 2 N–H and O–H groups in total. The van der Waals surface area contributed by atoms with Gasteiger partial charge in [0.05, 0.1) is 36.1 Å². The Morgan fingerprint density at radius 3 is 2.77 bits per heavy atom. The lowest BCUT2D eigenvalue weighted by Gasteiger charge is -2.09. The lowest BCUT2D eigenvalue weighted by Crippen LogP contribution is -2.24. The molecule has 0 atom stereocenters. The average Bonchev–Trinajstić information content (AvgIpc) is 2.82. The SMILES string of the molecule is OC/C(CCl)=N\NC1=Nc2ccc(Cl)cc2C(c2ccccc2F)=NC1. The number of nitrogens with one attached hydrogen (secondary N) is 1. The Bertz CT molecular complexity index is 906. The van der Waals surface area contributed by atoms with Gasteiger partial charge >= 0.3 is 0 Å². The Labute approximate surface area is 159 Å². The first kappa shape index (κ1) is 18.5. The fraction of sp³-hybridized carbons (Fsp3) is 0.167. The molecule has 0 spiro atoms.